The monoisotopic (exact) mass is 373 g/mol. The Morgan fingerprint density at radius 2 is 2.00 bits per heavy atom. The molecule has 0 spiro atoms. The summed E-state index contributed by atoms with van der Waals surface area (Å²) in [4.78, 5) is 4.05. The lowest BCUT2D eigenvalue weighted by atomic mass is 10.3. The molecule has 0 aliphatic carbocycles. The second-order valence-corrected chi connectivity index (χ2v) is 9.56. The maximum absolute atomic E-state index is 13.1. The number of halogens is 1. The number of aliphatic imine (C=N–C) groups is 1. The normalized spacial score (nSPS) is 14.1. The summed E-state index contributed by atoms with van der Waals surface area (Å²) in [7, 11) is -1.58. The highest BCUT2D eigenvalue weighted by molar-refractivity contribution is 7.92. The number of nitrogens with zero attached hydrogens (tertiary/aromatic N) is 1. The van der Waals surface area contributed by atoms with E-state index in [9.17, 15) is 12.8 Å². The summed E-state index contributed by atoms with van der Waals surface area (Å²) in [5.41, 5.74) is 0. The van der Waals surface area contributed by atoms with Crippen LogP contribution < -0.4 is 15.4 Å². The van der Waals surface area contributed by atoms with Crippen molar-refractivity contribution in [2.45, 2.75) is 38.5 Å². The predicted molar refractivity (Wildman–Crippen MR) is 99.4 cm³/mol. The van der Waals surface area contributed by atoms with E-state index in [2.05, 4.69) is 15.6 Å². The largest absolute Gasteiger partial charge is 0.489 e. The molecule has 1 rings (SSSR count). The van der Waals surface area contributed by atoms with Crippen LogP contribution in [0, 0.1) is 5.82 Å². The van der Waals surface area contributed by atoms with Crippen molar-refractivity contribution >= 4 is 15.8 Å². The van der Waals surface area contributed by atoms with E-state index in [-0.39, 0.29) is 24.2 Å². The zero-order chi connectivity index (χ0) is 19.1. The van der Waals surface area contributed by atoms with Crippen LogP contribution in [-0.2, 0) is 9.84 Å². The molecular weight excluding hydrogens is 345 g/mol. The molecule has 0 aliphatic rings. The molecule has 1 aromatic rings. The van der Waals surface area contributed by atoms with Crippen LogP contribution in [0.3, 0.4) is 0 Å². The summed E-state index contributed by atoms with van der Waals surface area (Å²) in [6.07, 6.45) is -0.223. The van der Waals surface area contributed by atoms with Gasteiger partial charge in [-0.15, -0.1) is 0 Å². The summed E-state index contributed by atoms with van der Waals surface area (Å²) in [6, 6.07) is 5.94. The van der Waals surface area contributed by atoms with Gasteiger partial charge in [-0.05, 0) is 39.8 Å². The minimum atomic E-state index is -3.18. The van der Waals surface area contributed by atoms with E-state index < -0.39 is 14.6 Å². The lowest BCUT2D eigenvalue weighted by Gasteiger charge is -2.20. The highest BCUT2D eigenvalue weighted by Gasteiger charge is 2.28. The number of benzene rings is 1. The Bertz CT molecular complexity index is 685. The van der Waals surface area contributed by atoms with Gasteiger partial charge >= 0.3 is 0 Å². The third kappa shape index (κ3) is 7.29. The van der Waals surface area contributed by atoms with E-state index in [1.807, 2.05) is 6.92 Å². The van der Waals surface area contributed by atoms with Gasteiger partial charge in [0.15, 0.2) is 15.8 Å². The molecule has 1 aromatic carbocycles. The van der Waals surface area contributed by atoms with Gasteiger partial charge in [0.25, 0.3) is 0 Å². The minimum absolute atomic E-state index is 0.0204. The molecule has 0 radical (unpaired) electrons. The van der Waals surface area contributed by atoms with Crippen molar-refractivity contribution in [2.75, 3.05) is 25.9 Å². The topological polar surface area (TPSA) is 79.8 Å². The van der Waals surface area contributed by atoms with Crippen LogP contribution >= 0.6 is 0 Å². The molecule has 2 N–H and O–H groups in total. The van der Waals surface area contributed by atoms with E-state index in [0.717, 1.165) is 0 Å². The van der Waals surface area contributed by atoms with Crippen LogP contribution in [0.4, 0.5) is 4.39 Å². The van der Waals surface area contributed by atoms with Gasteiger partial charge in [-0.2, -0.15) is 0 Å². The van der Waals surface area contributed by atoms with Crippen molar-refractivity contribution in [3.63, 3.8) is 0 Å². The summed E-state index contributed by atoms with van der Waals surface area (Å²) in [6.45, 7) is 7.58. The number of ether oxygens (including phenoxy) is 1. The Morgan fingerprint density at radius 3 is 2.56 bits per heavy atom. The fourth-order valence-corrected chi connectivity index (χ4v) is 2.87. The van der Waals surface area contributed by atoms with Crippen molar-refractivity contribution in [2.24, 2.45) is 4.99 Å². The summed E-state index contributed by atoms with van der Waals surface area (Å²) in [5.74, 6) is 0.606. The number of sulfone groups is 1. The maximum Gasteiger partial charge on any atom is 0.191 e. The molecular formula is C17H28FN3O3S. The van der Waals surface area contributed by atoms with Crippen molar-refractivity contribution in [1.82, 2.24) is 10.6 Å². The van der Waals surface area contributed by atoms with E-state index in [1.165, 1.54) is 12.1 Å². The molecule has 142 valence electrons. The quantitative estimate of drug-likeness (QED) is 0.564. The third-order valence-corrected chi connectivity index (χ3v) is 6.12. The average molecular weight is 373 g/mol. The fourth-order valence-electron chi connectivity index (χ4n) is 1.89. The first-order valence-corrected chi connectivity index (χ1v) is 9.79. The van der Waals surface area contributed by atoms with Gasteiger partial charge in [0.05, 0.1) is 17.0 Å². The van der Waals surface area contributed by atoms with Gasteiger partial charge in [-0.25, -0.2) is 12.8 Å². The number of rotatable bonds is 7. The Hall–Kier alpha value is -1.83. The van der Waals surface area contributed by atoms with Crippen molar-refractivity contribution in [3.05, 3.63) is 30.1 Å². The Labute approximate surface area is 149 Å². The number of hydrogen-bond donors (Lipinski definition) is 2. The SMILES string of the molecule is CN=C(NCCS(=O)(=O)C(C)(C)C)NCC(C)Oc1cccc(F)c1. The van der Waals surface area contributed by atoms with Gasteiger partial charge < -0.3 is 15.4 Å². The van der Waals surface area contributed by atoms with Gasteiger partial charge in [-0.1, -0.05) is 6.07 Å². The second-order valence-electron chi connectivity index (χ2n) is 6.70. The van der Waals surface area contributed by atoms with Crippen LogP contribution in [0.5, 0.6) is 5.75 Å². The molecule has 8 heteroatoms. The first-order chi connectivity index (χ1) is 11.5. The maximum atomic E-state index is 13.1. The Kier molecular flexibility index (Phi) is 7.66. The van der Waals surface area contributed by atoms with E-state index >= 15 is 0 Å². The van der Waals surface area contributed by atoms with E-state index in [4.69, 9.17) is 4.74 Å². The highest BCUT2D eigenvalue weighted by Crippen LogP contribution is 2.15. The van der Waals surface area contributed by atoms with Gasteiger partial charge in [-0.3, -0.25) is 4.99 Å². The molecule has 0 saturated carbocycles. The first kappa shape index (κ1) is 21.2. The molecule has 0 aromatic heterocycles. The zero-order valence-corrected chi connectivity index (χ0v) is 16.3. The van der Waals surface area contributed by atoms with Gasteiger partial charge in [0.1, 0.15) is 17.7 Å². The standard InChI is InChI=1S/C17H28FN3O3S/c1-13(24-15-8-6-7-14(18)11-15)12-21-16(19-5)20-9-10-25(22,23)17(2,3)4/h6-8,11,13H,9-10,12H2,1-5H3,(H2,19,20,21). The number of guanidine groups is 1. The van der Waals surface area contributed by atoms with Gasteiger partial charge in [0, 0.05) is 19.7 Å². The molecule has 0 bridgehead atoms. The second kappa shape index (κ2) is 9.03. The van der Waals surface area contributed by atoms with E-state index in [0.29, 0.717) is 18.3 Å². The summed E-state index contributed by atoms with van der Waals surface area (Å²) >= 11 is 0. The van der Waals surface area contributed by atoms with E-state index in [1.54, 1.807) is 40.0 Å². The number of nitrogens with one attached hydrogen (secondary N) is 2. The number of hydrogen-bond acceptors (Lipinski definition) is 4. The van der Waals surface area contributed by atoms with Crippen molar-refractivity contribution < 1.29 is 17.5 Å². The van der Waals surface area contributed by atoms with Crippen LogP contribution in [0.2, 0.25) is 0 Å². The molecule has 6 nitrogen and oxygen atoms in total. The smallest absolute Gasteiger partial charge is 0.191 e. The van der Waals surface area contributed by atoms with Crippen molar-refractivity contribution in [3.8, 4) is 5.75 Å². The molecule has 0 aliphatic heterocycles. The molecule has 25 heavy (non-hydrogen) atoms. The summed E-state index contributed by atoms with van der Waals surface area (Å²) in [5, 5.41) is 6.02. The Morgan fingerprint density at radius 1 is 1.32 bits per heavy atom. The molecule has 0 saturated heterocycles. The zero-order valence-electron chi connectivity index (χ0n) is 15.5. The molecule has 0 amide bonds. The Balaban J connectivity index is 2.41. The molecule has 1 atom stereocenters. The summed E-state index contributed by atoms with van der Waals surface area (Å²) < 4.78 is 42.1. The average Bonchev–Trinajstić information content (AvgIpc) is 2.49. The lowest BCUT2D eigenvalue weighted by Crippen LogP contribution is -2.44. The van der Waals surface area contributed by atoms with Crippen LogP contribution in [0.1, 0.15) is 27.7 Å². The highest BCUT2D eigenvalue weighted by atomic mass is 32.2. The third-order valence-electron chi connectivity index (χ3n) is 3.51. The molecule has 0 heterocycles. The fraction of sp³-hybridized carbons (Fsp3) is 0.588. The lowest BCUT2D eigenvalue weighted by molar-refractivity contribution is 0.223. The molecule has 0 fully saturated rings. The first-order valence-electron chi connectivity index (χ1n) is 8.14. The van der Waals surface area contributed by atoms with Crippen LogP contribution in [0.15, 0.2) is 29.3 Å². The van der Waals surface area contributed by atoms with Crippen molar-refractivity contribution in [1.29, 1.82) is 0 Å². The minimum Gasteiger partial charge on any atom is -0.489 e. The van der Waals surface area contributed by atoms with Crippen LogP contribution in [0.25, 0.3) is 0 Å². The van der Waals surface area contributed by atoms with Gasteiger partial charge in [0.2, 0.25) is 0 Å². The van der Waals surface area contributed by atoms with Crippen LogP contribution in [-0.4, -0.2) is 51.1 Å². The predicted octanol–water partition coefficient (Wildman–Crippen LogP) is 1.97. The molecule has 1 unspecified atom stereocenters.